The van der Waals surface area contributed by atoms with Gasteiger partial charge in [-0.3, -0.25) is 14.6 Å². The standard InChI is InChI=1S/C15H13F2N3O2/c16-12-4-3-11(6-13(12)17)20-15(22)7-14(21)19-9-10-2-1-5-18-8-10/h1-6,8H,7,9H2,(H,19,21)(H,20,22). The van der Waals surface area contributed by atoms with Crippen LogP contribution in [0.2, 0.25) is 0 Å². The molecule has 0 radical (unpaired) electrons. The molecule has 0 saturated heterocycles. The maximum absolute atomic E-state index is 13.0. The number of hydrogen-bond acceptors (Lipinski definition) is 3. The molecular weight excluding hydrogens is 292 g/mol. The van der Waals surface area contributed by atoms with E-state index in [2.05, 4.69) is 15.6 Å². The van der Waals surface area contributed by atoms with Gasteiger partial charge in [-0.05, 0) is 23.8 Å². The third-order valence-electron chi connectivity index (χ3n) is 2.74. The summed E-state index contributed by atoms with van der Waals surface area (Å²) >= 11 is 0. The Morgan fingerprint density at radius 3 is 2.59 bits per heavy atom. The number of carbonyl (C=O) groups excluding carboxylic acids is 2. The van der Waals surface area contributed by atoms with Crippen LogP contribution in [0.1, 0.15) is 12.0 Å². The number of benzene rings is 1. The van der Waals surface area contributed by atoms with Gasteiger partial charge in [-0.25, -0.2) is 8.78 Å². The van der Waals surface area contributed by atoms with Crippen LogP contribution in [0.15, 0.2) is 42.7 Å². The molecule has 2 aromatic rings. The van der Waals surface area contributed by atoms with Crippen molar-refractivity contribution in [2.24, 2.45) is 0 Å². The smallest absolute Gasteiger partial charge is 0.233 e. The highest BCUT2D eigenvalue weighted by atomic mass is 19.2. The second-order valence-electron chi connectivity index (χ2n) is 4.49. The highest BCUT2D eigenvalue weighted by molar-refractivity contribution is 6.03. The highest BCUT2D eigenvalue weighted by Gasteiger charge is 2.11. The van der Waals surface area contributed by atoms with Crippen LogP contribution in [0.5, 0.6) is 0 Å². The zero-order valence-electron chi connectivity index (χ0n) is 11.5. The Balaban J connectivity index is 1.81. The van der Waals surface area contributed by atoms with Gasteiger partial charge in [-0.2, -0.15) is 0 Å². The quantitative estimate of drug-likeness (QED) is 0.830. The van der Waals surface area contributed by atoms with E-state index in [1.807, 2.05) is 0 Å². The van der Waals surface area contributed by atoms with Gasteiger partial charge in [0.25, 0.3) is 0 Å². The van der Waals surface area contributed by atoms with Crippen molar-refractivity contribution in [3.63, 3.8) is 0 Å². The highest BCUT2D eigenvalue weighted by Crippen LogP contribution is 2.13. The third kappa shape index (κ3) is 4.62. The van der Waals surface area contributed by atoms with Crippen LogP contribution in [0.4, 0.5) is 14.5 Å². The molecule has 0 bridgehead atoms. The molecule has 0 unspecified atom stereocenters. The van der Waals surface area contributed by atoms with Crippen molar-refractivity contribution in [3.8, 4) is 0 Å². The lowest BCUT2D eigenvalue weighted by atomic mass is 10.2. The molecule has 2 N–H and O–H groups in total. The van der Waals surface area contributed by atoms with E-state index in [1.165, 1.54) is 6.07 Å². The molecule has 5 nitrogen and oxygen atoms in total. The van der Waals surface area contributed by atoms with Crippen LogP contribution in [0.3, 0.4) is 0 Å². The van der Waals surface area contributed by atoms with E-state index in [4.69, 9.17) is 0 Å². The van der Waals surface area contributed by atoms with E-state index in [0.29, 0.717) is 0 Å². The number of hydrogen-bond donors (Lipinski definition) is 2. The summed E-state index contributed by atoms with van der Waals surface area (Å²) in [6.45, 7) is 0.255. The number of pyridine rings is 1. The maximum Gasteiger partial charge on any atom is 0.233 e. The molecule has 0 fully saturated rings. The molecule has 1 aromatic heterocycles. The minimum absolute atomic E-state index is 0.0870. The number of nitrogens with one attached hydrogen (secondary N) is 2. The topological polar surface area (TPSA) is 71.1 Å². The number of rotatable bonds is 5. The fourth-order valence-electron chi connectivity index (χ4n) is 1.69. The summed E-state index contributed by atoms with van der Waals surface area (Å²) in [6.07, 6.45) is 2.79. The molecule has 0 atom stereocenters. The minimum atomic E-state index is -1.07. The summed E-state index contributed by atoms with van der Waals surface area (Å²) in [4.78, 5) is 27.1. The Morgan fingerprint density at radius 1 is 1.09 bits per heavy atom. The van der Waals surface area contributed by atoms with Crippen molar-refractivity contribution in [2.45, 2.75) is 13.0 Å². The van der Waals surface area contributed by atoms with Gasteiger partial charge in [0.15, 0.2) is 11.6 Å². The first-order valence-electron chi connectivity index (χ1n) is 6.45. The van der Waals surface area contributed by atoms with E-state index in [1.54, 1.807) is 24.5 Å². The van der Waals surface area contributed by atoms with E-state index in [9.17, 15) is 18.4 Å². The second-order valence-corrected chi connectivity index (χ2v) is 4.49. The summed E-state index contributed by atoms with van der Waals surface area (Å²) in [7, 11) is 0. The molecule has 2 rings (SSSR count). The summed E-state index contributed by atoms with van der Waals surface area (Å²) in [6, 6.07) is 6.48. The molecular formula is C15H13F2N3O2. The first-order chi connectivity index (χ1) is 10.5. The lowest BCUT2D eigenvalue weighted by Crippen LogP contribution is -2.27. The predicted molar refractivity (Wildman–Crippen MR) is 75.7 cm³/mol. The van der Waals surface area contributed by atoms with Crippen molar-refractivity contribution < 1.29 is 18.4 Å². The van der Waals surface area contributed by atoms with Crippen LogP contribution < -0.4 is 10.6 Å². The average molecular weight is 305 g/mol. The van der Waals surface area contributed by atoms with Gasteiger partial charge in [0, 0.05) is 30.7 Å². The third-order valence-corrected chi connectivity index (χ3v) is 2.74. The maximum atomic E-state index is 13.0. The number of amides is 2. The van der Waals surface area contributed by atoms with Crippen LogP contribution in [-0.2, 0) is 16.1 Å². The van der Waals surface area contributed by atoms with E-state index in [0.717, 1.165) is 17.7 Å². The number of anilines is 1. The fraction of sp³-hybridized carbons (Fsp3) is 0.133. The average Bonchev–Trinajstić information content (AvgIpc) is 2.50. The van der Waals surface area contributed by atoms with Crippen molar-refractivity contribution in [2.75, 3.05) is 5.32 Å². The largest absolute Gasteiger partial charge is 0.352 e. The van der Waals surface area contributed by atoms with Crippen molar-refractivity contribution in [1.29, 1.82) is 0 Å². The van der Waals surface area contributed by atoms with Gasteiger partial charge in [0.1, 0.15) is 6.42 Å². The fourth-order valence-corrected chi connectivity index (χ4v) is 1.69. The molecule has 1 aromatic carbocycles. The summed E-state index contributed by atoms with van der Waals surface area (Å²) in [5, 5.41) is 4.88. The van der Waals surface area contributed by atoms with E-state index in [-0.39, 0.29) is 12.2 Å². The number of carbonyl (C=O) groups is 2. The van der Waals surface area contributed by atoms with Gasteiger partial charge < -0.3 is 10.6 Å². The van der Waals surface area contributed by atoms with Gasteiger partial charge in [0.05, 0.1) is 0 Å². The number of halogens is 2. The monoisotopic (exact) mass is 305 g/mol. The molecule has 1 heterocycles. The Kier molecular flexibility index (Phi) is 5.13. The van der Waals surface area contributed by atoms with Gasteiger partial charge >= 0.3 is 0 Å². The van der Waals surface area contributed by atoms with Crippen LogP contribution >= 0.6 is 0 Å². The van der Waals surface area contributed by atoms with Crippen LogP contribution in [-0.4, -0.2) is 16.8 Å². The van der Waals surface area contributed by atoms with Gasteiger partial charge in [-0.15, -0.1) is 0 Å². The zero-order valence-corrected chi connectivity index (χ0v) is 11.5. The Bertz CT molecular complexity index is 678. The lowest BCUT2D eigenvalue weighted by molar-refractivity contribution is -0.126. The molecule has 0 aliphatic rings. The lowest BCUT2D eigenvalue weighted by Gasteiger charge is -2.07. The van der Waals surface area contributed by atoms with Crippen molar-refractivity contribution >= 4 is 17.5 Å². The summed E-state index contributed by atoms with van der Waals surface area (Å²) in [5.41, 5.74) is 0.890. The van der Waals surface area contributed by atoms with Crippen LogP contribution in [0.25, 0.3) is 0 Å². The van der Waals surface area contributed by atoms with Gasteiger partial charge in [0.2, 0.25) is 11.8 Å². The minimum Gasteiger partial charge on any atom is -0.352 e. The Hall–Kier alpha value is -2.83. The number of nitrogens with zero attached hydrogens (tertiary/aromatic N) is 1. The summed E-state index contributed by atoms with van der Waals surface area (Å²) in [5.74, 6) is -3.18. The molecule has 7 heteroatoms. The van der Waals surface area contributed by atoms with Gasteiger partial charge in [-0.1, -0.05) is 6.07 Å². The van der Waals surface area contributed by atoms with E-state index < -0.39 is 29.9 Å². The SMILES string of the molecule is O=C(CC(=O)Nc1ccc(F)c(F)c1)NCc1cccnc1. The van der Waals surface area contributed by atoms with Crippen LogP contribution in [0, 0.1) is 11.6 Å². The molecule has 22 heavy (non-hydrogen) atoms. The first kappa shape index (κ1) is 15.6. The molecule has 2 amide bonds. The predicted octanol–water partition coefficient (Wildman–Crippen LogP) is 2.00. The van der Waals surface area contributed by atoms with Crippen molar-refractivity contribution in [1.82, 2.24) is 10.3 Å². The molecule has 114 valence electrons. The summed E-state index contributed by atoms with van der Waals surface area (Å²) < 4.78 is 25.7. The second kappa shape index (κ2) is 7.26. The molecule has 0 saturated carbocycles. The Labute approximate surface area is 125 Å². The molecule has 0 aliphatic heterocycles. The first-order valence-corrected chi connectivity index (χ1v) is 6.45. The van der Waals surface area contributed by atoms with Crippen molar-refractivity contribution in [3.05, 3.63) is 59.9 Å². The zero-order chi connectivity index (χ0) is 15.9. The normalized spacial score (nSPS) is 10.1. The molecule has 0 aliphatic carbocycles. The van der Waals surface area contributed by atoms with E-state index >= 15 is 0 Å². The molecule has 0 spiro atoms. The number of aromatic nitrogens is 1. The Morgan fingerprint density at radius 2 is 1.91 bits per heavy atom.